The van der Waals surface area contributed by atoms with E-state index in [1.807, 2.05) is 0 Å². The number of phenolic OH excluding ortho intramolecular Hbond substituents is 1. The number of ether oxygens (including phenoxy) is 2. The van der Waals surface area contributed by atoms with Crippen molar-refractivity contribution in [2.45, 2.75) is 61.8 Å². The van der Waals surface area contributed by atoms with Gasteiger partial charge in [-0.1, -0.05) is 11.6 Å². The Labute approximate surface area is 247 Å². The van der Waals surface area contributed by atoms with Crippen LogP contribution in [0.5, 0.6) is 11.8 Å². The van der Waals surface area contributed by atoms with Crippen LogP contribution in [0.15, 0.2) is 18.3 Å². The quantitative estimate of drug-likeness (QED) is 0.433. The molecular weight excluding hydrogens is 566 g/mol. The van der Waals surface area contributed by atoms with Crippen molar-refractivity contribution in [2.24, 2.45) is 0 Å². The second-order valence-corrected chi connectivity index (χ2v) is 13.0. The first-order chi connectivity index (χ1) is 20.4. The van der Waals surface area contributed by atoms with Crippen LogP contribution in [0.25, 0.3) is 22.2 Å². The number of nitrogens with zero attached hydrogens (tertiary/aromatic N) is 5. The van der Waals surface area contributed by atoms with Crippen molar-refractivity contribution in [3.63, 3.8) is 0 Å². The topological polar surface area (TPSA) is 95.9 Å². The van der Waals surface area contributed by atoms with Crippen molar-refractivity contribution in [1.82, 2.24) is 25.2 Å². The summed E-state index contributed by atoms with van der Waals surface area (Å²) in [6, 6.07) is 3.69. The summed E-state index contributed by atoms with van der Waals surface area (Å²) in [4.78, 5) is 18.3. The van der Waals surface area contributed by atoms with Crippen LogP contribution in [0.4, 0.5) is 14.6 Å². The van der Waals surface area contributed by atoms with Gasteiger partial charge in [-0.3, -0.25) is 9.88 Å². The first-order valence-electron chi connectivity index (χ1n) is 14.9. The third-order valence-electron chi connectivity index (χ3n) is 9.81. The van der Waals surface area contributed by atoms with Crippen LogP contribution in [0.1, 0.15) is 43.6 Å². The summed E-state index contributed by atoms with van der Waals surface area (Å²) in [5, 5.41) is 14.8. The molecule has 0 saturated carbocycles. The number of fused-ring (bicyclic) bond motifs is 4. The van der Waals surface area contributed by atoms with E-state index in [0.29, 0.717) is 65.6 Å². The number of hydrogen-bond acceptors (Lipinski definition) is 9. The highest BCUT2D eigenvalue weighted by molar-refractivity contribution is 6.32. The lowest BCUT2D eigenvalue weighted by Gasteiger charge is -2.34. The Morgan fingerprint density at radius 2 is 1.98 bits per heavy atom. The molecule has 0 radical (unpaired) electrons. The largest absolute Gasteiger partial charge is 0.508 e. The van der Waals surface area contributed by atoms with Gasteiger partial charge in [-0.25, -0.2) is 8.78 Å². The fourth-order valence-electron chi connectivity index (χ4n) is 7.75. The van der Waals surface area contributed by atoms with Gasteiger partial charge in [-0.05, 0) is 49.9 Å². The Morgan fingerprint density at radius 1 is 1.17 bits per heavy atom. The lowest BCUT2D eigenvalue weighted by molar-refractivity contribution is 0.00864. The first kappa shape index (κ1) is 26.7. The summed E-state index contributed by atoms with van der Waals surface area (Å²) in [6.07, 6.45) is 5.16. The summed E-state index contributed by atoms with van der Waals surface area (Å²) in [5.41, 5.74) is 0.868. The SMILES string of the molecule is Oc1cc(Cl)c(C2COC2)c(-c2ncc3c(N4CC5CCC(C4)N5)nc(OC[C@@]45CCCN4C[C@H](F)C5)nc3c2F)c1. The molecule has 0 spiro atoms. The van der Waals surface area contributed by atoms with Crippen LogP contribution in [0.3, 0.4) is 0 Å². The number of halogens is 3. The van der Waals surface area contributed by atoms with Gasteiger partial charge in [0.05, 0.1) is 24.1 Å². The smallest absolute Gasteiger partial charge is 0.319 e. The number of aromatic nitrogens is 3. The Morgan fingerprint density at radius 3 is 2.74 bits per heavy atom. The summed E-state index contributed by atoms with van der Waals surface area (Å²) < 4.78 is 42.7. The average molecular weight is 599 g/mol. The van der Waals surface area contributed by atoms with Gasteiger partial charge in [0, 0.05) is 60.8 Å². The van der Waals surface area contributed by atoms with Gasteiger partial charge in [0.2, 0.25) is 0 Å². The van der Waals surface area contributed by atoms with Crippen molar-refractivity contribution >= 4 is 28.3 Å². The molecule has 5 fully saturated rings. The first-order valence-corrected chi connectivity index (χ1v) is 15.2. The summed E-state index contributed by atoms with van der Waals surface area (Å²) in [5.74, 6) is -0.149. The van der Waals surface area contributed by atoms with Gasteiger partial charge in [-0.2, -0.15) is 9.97 Å². The maximum Gasteiger partial charge on any atom is 0.319 e. The number of piperazine rings is 1. The third-order valence-corrected chi connectivity index (χ3v) is 10.1. The van der Waals surface area contributed by atoms with E-state index >= 15 is 4.39 Å². The minimum Gasteiger partial charge on any atom is -0.508 e. The average Bonchev–Trinajstić information content (AvgIpc) is 3.58. The molecule has 3 aromatic rings. The zero-order chi connectivity index (χ0) is 28.6. The van der Waals surface area contributed by atoms with Crippen molar-refractivity contribution in [2.75, 3.05) is 50.9 Å². The van der Waals surface area contributed by atoms with Crippen LogP contribution < -0.4 is 15.0 Å². The van der Waals surface area contributed by atoms with Crippen molar-refractivity contribution in [3.8, 4) is 23.0 Å². The van der Waals surface area contributed by atoms with E-state index in [9.17, 15) is 9.50 Å². The number of pyridine rings is 1. The van der Waals surface area contributed by atoms with E-state index < -0.39 is 12.0 Å². The van der Waals surface area contributed by atoms with E-state index in [-0.39, 0.29) is 41.0 Å². The molecule has 42 heavy (non-hydrogen) atoms. The predicted octanol–water partition coefficient (Wildman–Crippen LogP) is 4.20. The van der Waals surface area contributed by atoms with Gasteiger partial charge in [0.1, 0.15) is 35.6 Å². The van der Waals surface area contributed by atoms with Gasteiger partial charge >= 0.3 is 6.01 Å². The highest BCUT2D eigenvalue weighted by Gasteiger charge is 2.49. The van der Waals surface area contributed by atoms with Crippen LogP contribution in [0.2, 0.25) is 5.02 Å². The molecule has 2 unspecified atom stereocenters. The van der Waals surface area contributed by atoms with E-state index in [1.165, 1.54) is 12.1 Å². The van der Waals surface area contributed by atoms with Gasteiger partial charge in [-0.15, -0.1) is 0 Å². The molecule has 4 atom stereocenters. The Hall–Kier alpha value is -2.86. The molecule has 12 heteroatoms. The normalized spacial score (nSPS) is 29.3. The zero-order valence-electron chi connectivity index (χ0n) is 23.2. The molecule has 7 heterocycles. The summed E-state index contributed by atoms with van der Waals surface area (Å²) >= 11 is 6.55. The van der Waals surface area contributed by atoms with Crippen LogP contribution in [-0.4, -0.2) is 94.8 Å². The lowest BCUT2D eigenvalue weighted by atomic mass is 9.90. The van der Waals surface area contributed by atoms with Crippen LogP contribution >= 0.6 is 11.6 Å². The molecular formula is C30H33ClF2N6O3. The van der Waals surface area contributed by atoms with Crippen LogP contribution in [0, 0.1) is 5.82 Å². The molecule has 2 bridgehead atoms. The van der Waals surface area contributed by atoms with Crippen molar-refractivity contribution in [1.29, 1.82) is 0 Å². The van der Waals surface area contributed by atoms with Crippen LogP contribution in [-0.2, 0) is 4.74 Å². The number of anilines is 1. The summed E-state index contributed by atoms with van der Waals surface area (Å²) in [6.45, 7) is 3.91. The maximum atomic E-state index is 16.6. The zero-order valence-corrected chi connectivity index (χ0v) is 23.9. The fraction of sp³-hybridized carbons (Fsp3) is 0.567. The van der Waals surface area contributed by atoms with Crippen molar-refractivity contribution in [3.05, 3.63) is 34.7 Å². The Bertz CT molecular complexity index is 1550. The van der Waals surface area contributed by atoms with E-state index in [0.717, 1.165) is 45.3 Å². The molecule has 5 saturated heterocycles. The highest BCUT2D eigenvalue weighted by atomic mass is 35.5. The molecule has 1 aromatic carbocycles. The van der Waals surface area contributed by atoms with Gasteiger partial charge < -0.3 is 24.8 Å². The monoisotopic (exact) mass is 598 g/mol. The number of nitrogens with one attached hydrogen (secondary N) is 1. The maximum absolute atomic E-state index is 16.6. The fourth-order valence-corrected chi connectivity index (χ4v) is 8.12. The number of alkyl halides is 1. The second kappa shape index (κ2) is 10.1. The number of hydrogen-bond donors (Lipinski definition) is 2. The number of phenols is 1. The predicted molar refractivity (Wildman–Crippen MR) is 154 cm³/mol. The number of aromatic hydroxyl groups is 1. The number of rotatable bonds is 6. The van der Waals surface area contributed by atoms with Gasteiger partial charge in [0.15, 0.2) is 5.82 Å². The second-order valence-electron chi connectivity index (χ2n) is 12.5. The molecule has 0 aliphatic carbocycles. The van der Waals surface area contributed by atoms with E-state index in [2.05, 4.69) is 25.1 Å². The number of benzene rings is 1. The van der Waals surface area contributed by atoms with E-state index in [4.69, 9.17) is 26.1 Å². The van der Waals surface area contributed by atoms with E-state index in [1.54, 1.807) is 6.20 Å². The molecule has 0 amide bonds. The third kappa shape index (κ3) is 4.39. The highest BCUT2D eigenvalue weighted by Crippen LogP contribution is 2.43. The minimum absolute atomic E-state index is 0.0273. The minimum atomic E-state index is -0.881. The lowest BCUT2D eigenvalue weighted by Crippen LogP contribution is -2.51. The Balaban J connectivity index is 1.23. The molecule has 5 aliphatic heterocycles. The molecule has 2 N–H and O–H groups in total. The molecule has 5 aliphatic rings. The molecule has 222 valence electrons. The standard InChI is InChI=1S/C30H33ClF2N6O3/c31-23-7-20(40)6-21(24(23)16-13-41-14-16)26-25(33)27-22(9-34-26)28(38-11-18-2-3-19(12-38)35-18)37-29(36-27)42-15-30-4-1-5-39(30)10-17(32)8-30/h6-7,9,16-19,35,40H,1-5,8,10-15H2/t17-,18?,19?,30+/m1/s1. The molecule has 8 rings (SSSR count). The van der Waals surface area contributed by atoms with Crippen molar-refractivity contribution < 1.29 is 23.4 Å². The van der Waals surface area contributed by atoms with Gasteiger partial charge in [0.25, 0.3) is 0 Å². The molecule has 2 aromatic heterocycles. The Kier molecular flexibility index (Phi) is 6.44. The molecule has 9 nitrogen and oxygen atoms in total. The summed E-state index contributed by atoms with van der Waals surface area (Å²) in [7, 11) is 0.